The molecule has 1 aliphatic rings. The van der Waals surface area contributed by atoms with Crippen molar-refractivity contribution in [2.24, 2.45) is 0 Å². The minimum Gasteiger partial charge on any atom is -0.493 e. The van der Waals surface area contributed by atoms with Gasteiger partial charge in [-0.3, -0.25) is 0 Å². The first kappa shape index (κ1) is 16.4. The first-order chi connectivity index (χ1) is 10.1. The molecule has 1 saturated carbocycles. The monoisotopic (exact) mass is 317 g/mol. The van der Waals surface area contributed by atoms with Crippen LogP contribution in [-0.4, -0.2) is 31.3 Å². The lowest BCUT2D eigenvalue weighted by Gasteiger charge is -2.15. The highest BCUT2D eigenvalue weighted by Crippen LogP contribution is 2.31. The number of thioether (sulfide) groups is 1. The topological polar surface area (TPSA) is 30.5 Å². The standard InChI is InChI=1S/C15H21F2NO2S/c1-19-13-6-3-10(7-14(13)20-15(16)17)9-18-11-4-5-12(8-11)21-2/h3,6-7,11-12,15,18H,4-5,8-9H2,1-2H3. The molecule has 0 aliphatic heterocycles. The molecule has 1 aromatic carbocycles. The van der Waals surface area contributed by atoms with Crippen LogP contribution in [0.25, 0.3) is 0 Å². The molecule has 6 heteroatoms. The average Bonchev–Trinajstić information content (AvgIpc) is 2.93. The van der Waals surface area contributed by atoms with E-state index in [9.17, 15) is 8.78 Å². The van der Waals surface area contributed by atoms with Crippen LogP contribution in [0.1, 0.15) is 24.8 Å². The summed E-state index contributed by atoms with van der Waals surface area (Å²) in [6, 6.07) is 5.64. The second kappa shape index (κ2) is 7.84. The maximum absolute atomic E-state index is 12.4. The lowest BCUT2D eigenvalue weighted by Crippen LogP contribution is -2.26. The van der Waals surface area contributed by atoms with Gasteiger partial charge in [0.05, 0.1) is 7.11 Å². The van der Waals surface area contributed by atoms with Gasteiger partial charge in [0, 0.05) is 17.8 Å². The molecule has 0 spiro atoms. The van der Waals surface area contributed by atoms with Crippen molar-refractivity contribution < 1.29 is 18.3 Å². The summed E-state index contributed by atoms with van der Waals surface area (Å²) in [6.07, 6.45) is 5.71. The Morgan fingerprint density at radius 2 is 2.14 bits per heavy atom. The molecule has 2 atom stereocenters. The van der Waals surface area contributed by atoms with Crippen LogP contribution in [0.5, 0.6) is 11.5 Å². The zero-order chi connectivity index (χ0) is 15.2. The van der Waals surface area contributed by atoms with E-state index in [4.69, 9.17) is 4.74 Å². The Kier molecular flexibility index (Phi) is 6.11. The van der Waals surface area contributed by atoms with Gasteiger partial charge in [0.1, 0.15) is 0 Å². The Balaban J connectivity index is 1.94. The molecular weight excluding hydrogens is 296 g/mol. The normalized spacial score (nSPS) is 21.8. The van der Waals surface area contributed by atoms with Crippen molar-refractivity contribution in [3.05, 3.63) is 23.8 Å². The molecule has 118 valence electrons. The van der Waals surface area contributed by atoms with Gasteiger partial charge in [0.15, 0.2) is 11.5 Å². The second-order valence-corrected chi connectivity index (χ2v) is 6.25. The zero-order valence-electron chi connectivity index (χ0n) is 12.3. The number of alkyl halides is 2. The fraction of sp³-hybridized carbons (Fsp3) is 0.600. The minimum absolute atomic E-state index is 0.0835. The number of halogens is 2. The number of hydrogen-bond acceptors (Lipinski definition) is 4. The molecular formula is C15H21F2NO2S. The van der Waals surface area contributed by atoms with Crippen molar-refractivity contribution >= 4 is 11.8 Å². The van der Waals surface area contributed by atoms with Crippen LogP contribution in [0, 0.1) is 0 Å². The molecule has 21 heavy (non-hydrogen) atoms. The molecule has 0 radical (unpaired) electrons. The molecule has 0 bridgehead atoms. The van der Waals surface area contributed by atoms with E-state index in [0.29, 0.717) is 18.3 Å². The van der Waals surface area contributed by atoms with Gasteiger partial charge in [-0.25, -0.2) is 0 Å². The van der Waals surface area contributed by atoms with Crippen LogP contribution >= 0.6 is 11.8 Å². The quantitative estimate of drug-likeness (QED) is 0.831. The van der Waals surface area contributed by atoms with Gasteiger partial charge in [-0.05, 0) is 43.2 Å². The third-order valence-corrected chi connectivity index (χ3v) is 4.85. The van der Waals surface area contributed by atoms with E-state index < -0.39 is 6.61 Å². The number of hydrogen-bond donors (Lipinski definition) is 1. The summed E-state index contributed by atoms with van der Waals surface area (Å²) in [7, 11) is 1.44. The Labute approximate surface area is 128 Å². The molecule has 0 amide bonds. The molecule has 2 unspecified atom stereocenters. The van der Waals surface area contributed by atoms with E-state index in [0.717, 1.165) is 17.2 Å². The van der Waals surface area contributed by atoms with Crippen molar-refractivity contribution in [1.29, 1.82) is 0 Å². The molecule has 3 nitrogen and oxygen atoms in total. The van der Waals surface area contributed by atoms with Crippen molar-refractivity contribution in [2.45, 2.75) is 43.7 Å². The summed E-state index contributed by atoms with van der Waals surface area (Å²) in [6.45, 7) is -2.20. The number of benzene rings is 1. The SMILES string of the molecule is COc1ccc(CNC2CCC(SC)C2)cc1OC(F)F. The summed E-state index contributed by atoms with van der Waals surface area (Å²) in [5, 5.41) is 4.22. The summed E-state index contributed by atoms with van der Waals surface area (Å²) in [5.41, 5.74) is 0.916. The van der Waals surface area contributed by atoms with E-state index in [1.54, 1.807) is 12.1 Å². The Morgan fingerprint density at radius 3 is 2.76 bits per heavy atom. The Bertz CT molecular complexity index is 459. The minimum atomic E-state index is -2.85. The fourth-order valence-corrected chi connectivity index (χ4v) is 3.42. The van der Waals surface area contributed by atoms with E-state index in [-0.39, 0.29) is 5.75 Å². The van der Waals surface area contributed by atoms with Gasteiger partial charge in [-0.2, -0.15) is 20.5 Å². The predicted molar refractivity (Wildman–Crippen MR) is 81.4 cm³/mol. The molecule has 1 aromatic rings. The highest BCUT2D eigenvalue weighted by Gasteiger charge is 2.23. The summed E-state index contributed by atoms with van der Waals surface area (Å²) in [5.74, 6) is 0.405. The van der Waals surface area contributed by atoms with Crippen LogP contribution in [0.2, 0.25) is 0 Å². The number of rotatable bonds is 7. The van der Waals surface area contributed by atoms with Gasteiger partial charge >= 0.3 is 6.61 Å². The molecule has 0 aromatic heterocycles. The highest BCUT2D eigenvalue weighted by molar-refractivity contribution is 7.99. The van der Waals surface area contributed by atoms with Gasteiger partial charge < -0.3 is 14.8 Å². The number of ether oxygens (including phenoxy) is 2. The van der Waals surface area contributed by atoms with Gasteiger partial charge in [-0.1, -0.05) is 6.07 Å². The Morgan fingerprint density at radius 1 is 1.33 bits per heavy atom. The maximum atomic E-state index is 12.4. The van der Waals surface area contributed by atoms with Crippen LogP contribution in [0.15, 0.2) is 18.2 Å². The van der Waals surface area contributed by atoms with Crippen molar-refractivity contribution in [2.75, 3.05) is 13.4 Å². The lowest BCUT2D eigenvalue weighted by atomic mass is 10.1. The third-order valence-electron chi connectivity index (χ3n) is 3.76. The zero-order valence-corrected chi connectivity index (χ0v) is 13.1. The first-order valence-corrected chi connectivity index (χ1v) is 8.29. The molecule has 0 saturated heterocycles. The second-order valence-electron chi connectivity index (χ2n) is 5.11. The van der Waals surface area contributed by atoms with Crippen LogP contribution < -0.4 is 14.8 Å². The molecule has 0 heterocycles. The van der Waals surface area contributed by atoms with E-state index in [2.05, 4.69) is 16.3 Å². The predicted octanol–water partition coefficient (Wildman–Crippen LogP) is 3.67. The molecule has 1 fully saturated rings. The van der Waals surface area contributed by atoms with E-state index in [1.165, 1.54) is 20.0 Å². The number of methoxy groups -OCH3 is 1. The van der Waals surface area contributed by atoms with Gasteiger partial charge in [-0.15, -0.1) is 0 Å². The van der Waals surface area contributed by atoms with E-state index >= 15 is 0 Å². The van der Waals surface area contributed by atoms with Crippen LogP contribution in [-0.2, 0) is 6.54 Å². The van der Waals surface area contributed by atoms with Crippen molar-refractivity contribution in [3.63, 3.8) is 0 Å². The first-order valence-electron chi connectivity index (χ1n) is 7.00. The lowest BCUT2D eigenvalue weighted by molar-refractivity contribution is -0.0512. The van der Waals surface area contributed by atoms with Gasteiger partial charge in [0.2, 0.25) is 0 Å². The van der Waals surface area contributed by atoms with Crippen molar-refractivity contribution in [1.82, 2.24) is 5.32 Å². The molecule has 1 N–H and O–H groups in total. The summed E-state index contributed by atoms with van der Waals surface area (Å²) >= 11 is 1.91. The average molecular weight is 317 g/mol. The maximum Gasteiger partial charge on any atom is 0.387 e. The fourth-order valence-electron chi connectivity index (χ4n) is 2.62. The Hall–Kier alpha value is -1.01. The number of nitrogens with one attached hydrogen (secondary N) is 1. The van der Waals surface area contributed by atoms with Crippen molar-refractivity contribution in [3.8, 4) is 11.5 Å². The summed E-state index contributed by atoms with van der Waals surface area (Å²) in [4.78, 5) is 0. The largest absolute Gasteiger partial charge is 0.493 e. The van der Waals surface area contributed by atoms with Crippen LogP contribution in [0.4, 0.5) is 8.78 Å². The molecule has 2 rings (SSSR count). The summed E-state index contributed by atoms with van der Waals surface area (Å²) < 4.78 is 34.3. The third kappa shape index (κ3) is 4.74. The van der Waals surface area contributed by atoms with Gasteiger partial charge in [0.25, 0.3) is 0 Å². The molecule has 1 aliphatic carbocycles. The highest BCUT2D eigenvalue weighted by atomic mass is 32.2. The van der Waals surface area contributed by atoms with Crippen LogP contribution in [0.3, 0.4) is 0 Å². The smallest absolute Gasteiger partial charge is 0.387 e. The van der Waals surface area contributed by atoms with E-state index in [1.807, 2.05) is 17.8 Å².